The summed E-state index contributed by atoms with van der Waals surface area (Å²) in [4.78, 5) is 4.76. The van der Waals surface area contributed by atoms with Crippen molar-refractivity contribution >= 4 is 42.3 Å². The molecular formula is C26H21NS. The van der Waals surface area contributed by atoms with Crippen LogP contribution in [0.1, 0.15) is 29.5 Å². The van der Waals surface area contributed by atoms with Crippen LogP contribution in [-0.4, -0.2) is 4.98 Å². The van der Waals surface area contributed by atoms with Crippen LogP contribution < -0.4 is 0 Å². The van der Waals surface area contributed by atoms with Crippen LogP contribution in [0.15, 0.2) is 60.8 Å². The monoisotopic (exact) mass is 379 g/mol. The minimum absolute atomic E-state index is 1.08. The Kier molecular flexibility index (Phi) is 3.57. The number of hydrogen-bond donors (Lipinski definition) is 0. The van der Waals surface area contributed by atoms with Gasteiger partial charge in [-0.2, -0.15) is 0 Å². The Morgan fingerprint density at radius 2 is 1.57 bits per heavy atom. The topological polar surface area (TPSA) is 12.9 Å². The minimum atomic E-state index is 1.08. The Morgan fingerprint density at radius 1 is 0.786 bits per heavy atom. The Balaban J connectivity index is 1.67. The number of thiophene rings is 1. The van der Waals surface area contributed by atoms with Gasteiger partial charge in [-0.1, -0.05) is 23.8 Å². The summed E-state index contributed by atoms with van der Waals surface area (Å²) in [7, 11) is 0. The third-order valence-corrected chi connectivity index (χ3v) is 7.23. The highest BCUT2D eigenvalue weighted by atomic mass is 32.1. The molecule has 28 heavy (non-hydrogen) atoms. The van der Waals surface area contributed by atoms with E-state index in [0.29, 0.717) is 0 Å². The molecule has 1 nitrogen and oxygen atoms in total. The standard InChI is InChI=1S/C26H21NS/c1-16-5-4-8-20(11-16)26-21-15-23-22-12-17-6-2-3-7-18(17)13-24(22)28-25(23)14-19(21)9-10-27-26/h4-5,8-15H,2-3,6-7H2,1H3. The van der Waals surface area contributed by atoms with E-state index >= 15 is 0 Å². The molecule has 0 atom stereocenters. The molecule has 3 aromatic carbocycles. The molecule has 0 spiro atoms. The lowest BCUT2D eigenvalue weighted by Gasteiger charge is -2.15. The van der Waals surface area contributed by atoms with Crippen LogP contribution in [0.5, 0.6) is 0 Å². The number of hydrogen-bond acceptors (Lipinski definition) is 2. The first kappa shape index (κ1) is 16.3. The maximum atomic E-state index is 4.76. The zero-order valence-electron chi connectivity index (χ0n) is 16.0. The summed E-state index contributed by atoms with van der Waals surface area (Å²) in [5.41, 5.74) is 6.67. The van der Waals surface area contributed by atoms with Gasteiger partial charge in [0.2, 0.25) is 0 Å². The first-order valence-electron chi connectivity index (χ1n) is 10.1. The van der Waals surface area contributed by atoms with Crippen molar-refractivity contribution in [2.45, 2.75) is 32.6 Å². The molecule has 0 aliphatic heterocycles. The normalized spacial score (nSPS) is 14.0. The molecule has 0 saturated heterocycles. The Hall–Kier alpha value is -2.71. The molecule has 0 radical (unpaired) electrons. The summed E-state index contributed by atoms with van der Waals surface area (Å²) in [6.45, 7) is 2.14. The van der Waals surface area contributed by atoms with Crippen LogP contribution in [0.4, 0.5) is 0 Å². The highest BCUT2D eigenvalue weighted by Gasteiger charge is 2.15. The molecule has 0 unspecified atom stereocenters. The second-order valence-corrected chi connectivity index (χ2v) is 9.11. The third kappa shape index (κ3) is 2.48. The Labute approximate surface area is 168 Å². The van der Waals surface area contributed by atoms with Crippen LogP contribution in [0.25, 0.3) is 42.2 Å². The van der Waals surface area contributed by atoms with Crippen molar-refractivity contribution in [2.24, 2.45) is 0 Å². The molecule has 6 rings (SSSR count). The van der Waals surface area contributed by atoms with Gasteiger partial charge >= 0.3 is 0 Å². The number of nitrogens with zero attached hydrogens (tertiary/aromatic N) is 1. The van der Waals surface area contributed by atoms with Crippen molar-refractivity contribution in [1.82, 2.24) is 4.98 Å². The lowest BCUT2D eigenvalue weighted by molar-refractivity contribution is 0.687. The predicted molar refractivity (Wildman–Crippen MR) is 121 cm³/mol. The van der Waals surface area contributed by atoms with Crippen molar-refractivity contribution < 1.29 is 0 Å². The average molecular weight is 380 g/mol. The molecule has 2 aromatic heterocycles. The molecule has 0 N–H and O–H groups in total. The molecule has 136 valence electrons. The van der Waals surface area contributed by atoms with E-state index in [1.165, 1.54) is 67.8 Å². The maximum Gasteiger partial charge on any atom is 0.0780 e. The van der Waals surface area contributed by atoms with Crippen molar-refractivity contribution in [3.05, 3.63) is 77.5 Å². The largest absolute Gasteiger partial charge is 0.256 e. The van der Waals surface area contributed by atoms with Crippen LogP contribution in [0.2, 0.25) is 0 Å². The highest BCUT2D eigenvalue weighted by Crippen LogP contribution is 2.40. The van der Waals surface area contributed by atoms with Gasteiger partial charge < -0.3 is 0 Å². The number of rotatable bonds is 1. The van der Waals surface area contributed by atoms with Gasteiger partial charge in [-0.25, -0.2) is 0 Å². The lowest BCUT2D eigenvalue weighted by Crippen LogP contribution is -2.01. The number of pyridine rings is 1. The van der Waals surface area contributed by atoms with Gasteiger partial charge in [0.05, 0.1) is 5.69 Å². The highest BCUT2D eigenvalue weighted by molar-refractivity contribution is 7.25. The van der Waals surface area contributed by atoms with Crippen molar-refractivity contribution in [3.63, 3.8) is 0 Å². The maximum absolute atomic E-state index is 4.76. The Morgan fingerprint density at radius 3 is 2.43 bits per heavy atom. The van der Waals surface area contributed by atoms with Gasteiger partial charge in [0.15, 0.2) is 0 Å². The van der Waals surface area contributed by atoms with E-state index in [-0.39, 0.29) is 0 Å². The number of fused-ring (bicyclic) bond motifs is 5. The smallest absolute Gasteiger partial charge is 0.0780 e. The van der Waals surface area contributed by atoms with Gasteiger partial charge in [0, 0.05) is 37.3 Å². The van der Waals surface area contributed by atoms with E-state index in [9.17, 15) is 0 Å². The summed E-state index contributed by atoms with van der Waals surface area (Å²) in [5, 5.41) is 5.32. The van der Waals surface area contributed by atoms with Crippen molar-refractivity contribution in [3.8, 4) is 11.3 Å². The fourth-order valence-corrected chi connectivity index (χ4v) is 5.88. The first-order chi connectivity index (χ1) is 13.8. The summed E-state index contributed by atoms with van der Waals surface area (Å²) in [6.07, 6.45) is 7.07. The summed E-state index contributed by atoms with van der Waals surface area (Å²) >= 11 is 1.93. The van der Waals surface area contributed by atoms with Crippen LogP contribution in [-0.2, 0) is 12.8 Å². The average Bonchev–Trinajstić information content (AvgIpc) is 3.06. The lowest BCUT2D eigenvalue weighted by atomic mass is 9.90. The minimum Gasteiger partial charge on any atom is -0.256 e. The van der Waals surface area contributed by atoms with E-state index in [1.54, 1.807) is 11.1 Å². The second-order valence-electron chi connectivity index (χ2n) is 8.02. The van der Waals surface area contributed by atoms with E-state index < -0.39 is 0 Å². The number of aromatic nitrogens is 1. The summed E-state index contributed by atoms with van der Waals surface area (Å²) in [6, 6.07) is 20.5. The van der Waals surface area contributed by atoms with Crippen molar-refractivity contribution in [1.29, 1.82) is 0 Å². The molecule has 2 heteroatoms. The molecule has 1 aliphatic rings. The van der Waals surface area contributed by atoms with Gasteiger partial charge in [-0.3, -0.25) is 4.98 Å². The third-order valence-electron chi connectivity index (χ3n) is 6.11. The molecular weight excluding hydrogens is 358 g/mol. The number of aryl methyl sites for hydroxylation is 3. The Bertz CT molecular complexity index is 1380. The van der Waals surface area contributed by atoms with E-state index in [1.807, 2.05) is 17.5 Å². The van der Waals surface area contributed by atoms with E-state index in [4.69, 9.17) is 4.98 Å². The number of benzene rings is 3. The van der Waals surface area contributed by atoms with Crippen LogP contribution in [0, 0.1) is 6.92 Å². The summed E-state index contributed by atoms with van der Waals surface area (Å²) < 4.78 is 2.81. The molecule has 5 aromatic rings. The molecule has 0 fully saturated rings. The molecule has 2 heterocycles. The van der Waals surface area contributed by atoms with Gasteiger partial charge in [0.25, 0.3) is 0 Å². The summed E-state index contributed by atoms with van der Waals surface area (Å²) in [5.74, 6) is 0. The van der Waals surface area contributed by atoms with E-state index in [2.05, 4.69) is 61.5 Å². The zero-order chi connectivity index (χ0) is 18.7. The molecule has 0 saturated carbocycles. The molecule has 0 bridgehead atoms. The fraction of sp³-hybridized carbons (Fsp3) is 0.192. The molecule has 0 amide bonds. The van der Waals surface area contributed by atoms with Gasteiger partial charge in [-0.05, 0) is 85.5 Å². The quantitative estimate of drug-likeness (QED) is 0.294. The van der Waals surface area contributed by atoms with Crippen LogP contribution in [0.3, 0.4) is 0 Å². The van der Waals surface area contributed by atoms with Gasteiger partial charge in [-0.15, -0.1) is 11.3 Å². The van der Waals surface area contributed by atoms with E-state index in [0.717, 1.165) is 5.69 Å². The predicted octanol–water partition coefficient (Wildman–Crippen LogP) is 7.46. The fourth-order valence-electron chi connectivity index (χ4n) is 4.69. The molecule has 1 aliphatic carbocycles. The van der Waals surface area contributed by atoms with Crippen molar-refractivity contribution in [2.75, 3.05) is 0 Å². The SMILES string of the molecule is Cc1cccc(-c2nccc3cc4sc5cc6c(cc5c4cc23)CCCC6)c1. The first-order valence-corrected chi connectivity index (χ1v) is 10.9. The second kappa shape index (κ2) is 6.15. The van der Waals surface area contributed by atoms with Gasteiger partial charge in [0.1, 0.15) is 0 Å². The van der Waals surface area contributed by atoms with Crippen LogP contribution >= 0.6 is 11.3 Å². The zero-order valence-corrected chi connectivity index (χ0v) is 16.8.